The first-order chi connectivity index (χ1) is 7.24. The van der Waals surface area contributed by atoms with Gasteiger partial charge < -0.3 is 10.2 Å². The van der Waals surface area contributed by atoms with E-state index in [1.165, 1.54) is 30.6 Å². The molecule has 1 aliphatic rings. The summed E-state index contributed by atoms with van der Waals surface area (Å²) in [5.74, 6) is 0. The Morgan fingerprint density at radius 3 is 3.00 bits per heavy atom. The minimum absolute atomic E-state index is 0.676. The third-order valence-electron chi connectivity index (χ3n) is 3.07. The Labute approximate surface area is 92.3 Å². The molecule has 0 bridgehead atoms. The summed E-state index contributed by atoms with van der Waals surface area (Å²) in [7, 11) is 2.19. The molecule has 1 aromatic rings. The summed E-state index contributed by atoms with van der Waals surface area (Å²) in [6.45, 7) is 5.56. The van der Waals surface area contributed by atoms with Crippen molar-refractivity contribution >= 4 is 0 Å². The SMILES string of the molecule is Cc1cccc(CNC2CCN(C)C2)c1. The van der Waals surface area contributed by atoms with Gasteiger partial charge in [0, 0.05) is 19.1 Å². The van der Waals surface area contributed by atoms with Gasteiger partial charge in [0.25, 0.3) is 0 Å². The quantitative estimate of drug-likeness (QED) is 0.807. The van der Waals surface area contributed by atoms with Gasteiger partial charge in [-0.1, -0.05) is 29.8 Å². The van der Waals surface area contributed by atoms with Gasteiger partial charge in [0.1, 0.15) is 0 Å². The molecule has 1 N–H and O–H groups in total. The van der Waals surface area contributed by atoms with Crippen LogP contribution in [0.2, 0.25) is 0 Å². The Morgan fingerprint density at radius 1 is 1.47 bits per heavy atom. The summed E-state index contributed by atoms with van der Waals surface area (Å²) in [4.78, 5) is 2.38. The molecule has 1 aliphatic heterocycles. The van der Waals surface area contributed by atoms with Crippen LogP contribution in [0.3, 0.4) is 0 Å². The topological polar surface area (TPSA) is 15.3 Å². The second kappa shape index (κ2) is 4.77. The van der Waals surface area contributed by atoms with Crippen LogP contribution >= 0.6 is 0 Å². The molecule has 1 saturated heterocycles. The number of likely N-dealkylation sites (tertiary alicyclic amines) is 1. The van der Waals surface area contributed by atoms with Crippen LogP contribution in [-0.2, 0) is 6.54 Å². The third-order valence-corrected chi connectivity index (χ3v) is 3.07. The number of nitrogens with zero attached hydrogens (tertiary/aromatic N) is 1. The van der Waals surface area contributed by atoms with Gasteiger partial charge in [0.15, 0.2) is 0 Å². The van der Waals surface area contributed by atoms with Gasteiger partial charge in [-0.3, -0.25) is 0 Å². The molecule has 82 valence electrons. The Kier molecular flexibility index (Phi) is 3.39. The van der Waals surface area contributed by atoms with Crippen molar-refractivity contribution < 1.29 is 0 Å². The highest BCUT2D eigenvalue weighted by atomic mass is 15.2. The van der Waals surface area contributed by atoms with Crippen LogP contribution in [0.15, 0.2) is 24.3 Å². The molecule has 15 heavy (non-hydrogen) atoms. The standard InChI is InChI=1S/C13H20N2/c1-11-4-3-5-12(8-11)9-14-13-6-7-15(2)10-13/h3-5,8,13-14H,6-7,9-10H2,1-2H3. The Hall–Kier alpha value is -0.860. The lowest BCUT2D eigenvalue weighted by atomic mass is 10.1. The third kappa shape index (κ3) is 3.05. The fourth-order valence-corrected chi connectivity index (χ4v) is 2.19. The fraction of sp³-hybridized carbons (Fsp3) is 0.538. The summed E-state index contributed by atoms with van der Waals surface area (Å²) in [6.07, 6.45) is 1.28. The van der Waals surface area contributed by atoms with Gasteiger partial charge in [-0.05, 0) is 32.5 Å². The molecule has 1 heterocycles. The number of likely N-dealkylation sites (N-methyl/N-ethyl adjacent to an activating group) is 1. The average Bonchev–Trinajstić information content (AvgIpc) is 2.62. The van der Waals surface area contributed by atoms with Crippen LogP contribution in [0, 0.1) is 6.92 Å². The largest absolute Gasteiger partial charge is 0.309 e. The minimum atomic E-state index is 0.676. The molecule has 0 aromatic heterocycles. The van der Waals surface area contributed by atoms with Crippen LogP contribution in [0.25, 0.3) is 0 Å². The molecule has 2 rings (SSSR count). The van der Waals surface area contributed by atoms with Crippen molar-refractivity contribution in [3.63, 3.8) is 0 Å². The van der Waals surface area contributed by atoms with Gasteiger partial charge in [0.2, 0.25) is 0 Å². The van der Waals surface area contributed by atoms with Gasteiger partial charge in [0.05, 0.1) is 0 Å². The normalized spacial score (nSPS) is 22.1. The van der Waals surface area contributed by atoms with E-state index < -0.39 is 0 Å². The van der Waals surface area contributed by atoms with Gasteiger partial charge in [-0.25, -0.2) is 0 Å². The zero-order valence-electron chi connectivity index (χ0n) is 9.66. The zero-order chi connectivity index (χ0) is 10.7. The van der Waals surface area contributed by atoms with E-state index in [9.17, 15) is 0 Å². The van der Waals surface area contributed by atoms with Crippen LogP contribution in [0.5, 0.6) is 0 Å². The van der Waals surface area contributed by atoms with E-state index in [2.05, 4.69) is 48.5 Å². The second-order valence-electron chi connectivity index (χ2n) is 4.62. The van der Waals surface area contributed by atoms with Crippen LogP contribution < -0.4 is 5.32 Å². The first-order valence-corrected chi connectivity index (χ1v) is 5.71. The van der Waals surface area contributed by atoms with Crippen molar-refractivity contribution in [2.24, 2.45) is 0 Å². The lowest BCUT2D eigenvalue weighted by Crippen LogP contribution is -2.30. The molecule has 2 heteroatoms. The maximum Gasteiger partial charge on any atom is 0.0210 e. The van der Waals surface area contributed by atoms with Gasteiger partial charge >= 0.3 is 0 Å². The monoisotopic (exact) mass is 204 g/mol. The van der Waals surface area contributed by atoms with Crippen molar-refractivity contribution in [2.75, 3.05) is 20.1 Å². The van der Waals surface area contributed by atoms with Gasteiger partial charge in [-0.15, -0.1) is 0 Å². The maximum atomic E-state index is 3.61. The molecule has 0 aliphatic carbocycles. The molecule has 1 unspecified atom stereocenters. The van der Waals surface area contributed by atoms with Gasteiger partial charge in [-0.2, -0.15) is 0 Å². The molecule has 1 atom stereocenters. The number of hydrogen-bond acceptors (Lipinski definition) is 2. The molecule has 0 spiro atoms. The number of nitrogens with one attached hydrogen (secondary N) is 1. The first kappa shape index (κ1) is 10.7. The number of aryl methyl sites for hydroxylation is 1. The second-order valence-corrected chi connectivity index (χ2v) is 4.62. The Bertz CT molecular complexity index is 322. The number of hydrogen-bond donors (Lipinski definition) is 1. The Balaban J connectivity index is 1.83. The average molecular weight is 204 g/mol. The van der Waals surface area contributed by atoms with E-state index in [4.69, 9.17) is 0 Å². The van der Waals surface area contributed by atoms with Crippen molar-refractivity contribution in [1.29, 1.82) is 0 Å². The van der Waals surface area contributed by atoms with E-state index in [1.807, 2.05) is 0 Å². The summed E-state index contributed by atoms with van der Waals surface area (Å²) >= 11 is 0. The van der Waals surface area contributed by atoms with Crippen molar-refractivity contribution in [2.45, 2.75) is 25.9 Å². The molecule has 0 radical (unpaired) electrons. The predicted molar refractivity (Wildman–Crippen MR) is 63.9 cm³/mol. The van der Waals surface area contributed by atoms with E-state index in [0.717, 1.165) is 6.54 Å². The zero-order valence-corrected chi connectivity index (χ0v) is 9.66. The summed E-state index contributed by atoms with van der Waals surface area (Å²) in [5, 5.41) is 3.61. The van der Waals surface area contributed by atoms with Crippen LogP contribution in [0.1, 0.15) is 17.5 Å². The molecular weight excluding hydrogens is 184 g/mol. The van der Waals surface area contributed by atoms with E-state index in [0.29, 0.717) is 6.04 Å². The summed E-state index contributed by atoms with van der Waals surface area (Å²) in [5.41, 5.74) is 2.74. The summed E-state index contributed by atoms with van der Waals surface area (Å²) < 4.78 is 0. The predicted octanol–water partition coefficient (Wildman–Crippen LogP) is 1.79. The highest BCUT2D eigenvalue weighted by molar-refractivity contribution is 5.22. The molecule has 0 amide bonds. The van der Waals surface area contributed by atoms with Crippen molar-refractivity contribution in [1.82, 2.24) is 10.2 Å². The van der Waals surface area contributed by atoms with E-state index >= 15 is 0 Å². The molecule has 2 nitrogen and oxygen atoms in total. The fourth-order valence-electron chi connectivity index (χ4n) is 2.19. The lowest BCUT2D eigenvalue weighted by Gasteiger charge is -2.12. The van der Waals surface area contributed by atoms with Crippen LogP contribution in [0.4, 0.5) is 0 Å². The molecule has 1 fully saturated rings. The number of rotatable bonds is 3. The van der Waals surface area contributed by atoms with E-state index in [-0.39, 0.29) is 0 Å². The maximum absolute atomic E-state index is 3.61. The number of benzene rings is 1. The highest BCUT2D eigenvalue weighted by Crippen LogP contribution is 2.08. The smallest absolute Gasteiger partial charge is 0.0210 e. The van der Waals surface area contributed by atoms with Crippen LogP contribution in [-0.4, -0.2) is 31.1 Å². The molecule has 0 saturated carbocycles. The van der Waals surface area contributed by atoms with E-state index in [1.54, 1.807) is 0 Å². The highest BCUT2D eigenvalue weighted by Gasteiger charge is 2.18. The molecular formula is C13H20N2. The van der Waals surface area contributed by atoms with Crippen molar-refractivity contribution in [3.05, 3.63) is 35.4 Å². The minimum Gasteiger partial charge on any atom is -0.309 e. The van der Waals surface area contributed by atoms with Crippen molar-refractivity contribution in [3.8, 4) is 0 Å². The Morgan fingerprint density at radius 2 is 2.33 bits per heavy atom. The lowest BCUT2D eigenvalue weighted by molar-refractivity contribution is 0.397. The molecule has 1 aromatic carbocycles. The summed E-state index contributed by atoms with van der Waals surface area (Å²) in [6, 6.07) is 9.40. The first-order valence-electron chi connectivity index (χ1n) is 5.71.